The minimum atomic E-state index is 0.539. The van der Waals surface area contributed by atoms with Gasteiger partial charge in [-0.2, -0.15) is 0 Å². The molecule has 1 aliphatic rings. The second-order valence-corrected chi connectivity index (χ2v) is 4.55. The molecule has 1 heterocycles. The lowest BCUT2D eigenvalue weighted by molar-refractivity contribution is 0.364. The topological polar surface area (TPSA) is 33.6 Å². The summed E-state index contributed by atoms with van der Waals surface area (Å²) < 4.78 is 5.78. The van der Waals surface area contributed by atoms with E-state index in [-0.39, 0.29) is 0 Å². The summed E-state index contributed by atoms with van der Waals surface area (Å²) in [4.78, 5) is 5.47. The van der Waals surface area contributed by atoms with Gasteiger partial charge in [0.1, 0.15) is 18.2 Å². The molecule has 3 nitrogen and oxygen atoms in total. The number of hydrogen-bond acceptors (Lipinski definition) is 4. The Bertz CT molecular complexity index is 404. The molecule has 1 aromatic carbocycles. The fourth-order valence-electron chi connectivity index (χ4n) is 1.59. The summed E-state index contributed by atoms with van der Waals surface area (Å²) in [5.74, 6) is 1.90. The maximum absolute atomic E-state index is 5.78. The van der Waals surface area contributed by atoms with Crippen LogP contribution in [0.1, 0.15) is 5.56 Å². The summed E-state index contributed by atoms with van der Waals surface area (Å²) in [6, 6.07) is 6.27. The molecule has 0 aromatic heterocycles. The molecule has 0 unspecified atom stereocenters. The Morgan fingerprint density at radius 1 is 1.50 bits per heavy atom. The van der Waals surface area contributed by atoms with Gasteiger partial charge in [-0.3, -0.25) is 4.99 Å². The number of thioether (sulfide) groups is 1. The monoisotopic (exact) mass is 236 g/mol. The molecule has 86 valence electrons. The van der Waals surface area contributed by atoms with Gasteiger partial charge in [-0.25, -0.2) is 0 Å². The Morgan fingerprint density at radius 2 is 2.38 bits per heavy atom. The van der Waals surface area contributed by atoms with Crippen LogP contribution in [0.4, 0.5) is 0 Å². The van der Waals surface area contributed by atoms with Gasteiger partial charge in [-0.05, 0) is 30.9 Å². The summed E-state index contributed by atoms with van der Waals surface area (Å²) >= 11 is 1.70. The van der Waals surface area contributed by atoms with E-state index in [1.165, 1.54) is 10.5 Å². The summed E-state index contributed by atoms with van der Waals surface area (Å²) in [6.07, 6.45) is 2.06. The third kappa shape index (κ3) is 2.70. The highest BCUT2D eigenvalue weighted by Gasteiger charge is 2.08. The molecule has 1 aromatic rings. The highest BCUT2D eigenvalue weighted by atomic mass is 32.2. The molecule has 4 heteroatoms. The highest BCUT2D eigenvalue weighted by Crippen LogP contribution is 2.28. The van der Waals surface area contributed by atoms with Crippen LogP contribution in [0.25, 0.3) is 0 Å². The van der Waals surface area contributed by atoms with Gasteiger partial charge in [0.25, 0.3) is 0 Å². The number of benzene rings is 1. The maximum Gasteiger partial charge on any atom is 0.145 e. The Morgan fingerprint density at radius 3 is 3.06 bits per heavy atom. The number of aryl methyl sites for hydroxylation is 1. The zero-order valence-electron chi connectivity index (χ0n) is 9.62. The molecule has 0 atom stereocenters. The average molecular weight is 236 g/mol. The molecule has 0 amide bonds. The summed E-state index contributed by atoms with van der Waals surface area (Å²) in [7, 11) is 0. The fourth-order valence-corrected chi connectivity index (χ4v) is 2.11. The Hall–Kier alpha value is -1.16. The standard InChI is InChI=1S/C12H16N2OS/c1-9-3-4-11(16-2)10(7-9)15-8-12-13-5-6-14-12/h3-4,7H,5-6,8H2,1-2H3,(H,13,14). The van der Waals surface area contributed by atoms with Crippen LogP contribution < -0.4 is 10.1 Å². The van der Waals surface area contributed by atoms with Crippen molar-refractivity contribution in [1.29, 1.82) is 0 Å². The summed E-state index contributed by atoms with van der Waals surface area (Å²) in [6.45, 7) is 4.41. The van der Waals surface area contributed by atoms with E-state index in [0.717, 1.165) is 24.7 Å². The van der Waals surface area contributed by atoms with E-state index in [0.29, 0.717) is 6.61 Å². The highest BCUT2D eigenvalue weighted by molar-refractivity contribution is 7.98. The Balaban J connectivity index is 2.04. The number of nitrogens with one attached hydrogen (secondary N) is 1. The van der Waals surface area contributed by atoms with Crippen molar-refractivity contribution in [3.63, 3.8) is 0 Å². The molecule has 0 saturated heterocycles. The SMILES string of the molecule is CSc1ccc(C)cc1OCC1=NCCN1. The Kier molecular flexibility index (Phi) is 3.72. The van der Waals surface area contributed by atoms with E-state index in [1.54, 1.807) is 11.8 Å². The molecule has 0 bridgehead atoms. The third-order valence-electron chi connectivity index (χ3n) is 2.43. The van der Waals surface area contributed by atoms with E-state index in [4.69, 9.17) is 4.74 Å². The molecule has 0 fully saturated rings. The molecule has 1 aliphatic heterocycles. The molecule has 0 saturated carbocycles. The van der Waals surface area contributed by atoms with Crippen molar-refractivity contribution in [2.75, 3.05) is 26.0 Å². The van der Waals surface area contributed by atoms with Crippen molar-refractivity contribution in [2.45, 2.75) is 11.8 Å². The second kappa shape index (κ2) is 5.25. The van der Waals surface area contributed by atoms with Crippen molar-refractivity contribution in [3.05, 3.63) is 23.8 Å². The lowest BCUT2D eigenvalue weighted by Crippen LogP contribution is -2.25. The fraction of sp³-hybridized carbons (Fsp3) is 0.417. The molecular weight excluding hydrogens is 220 g/mol. The summed E-state index contributed by atoms with van der Waals surface area (Å²) in [5, 5.41) is 3.20. The lowest BCUT2D eigenvalue weighted by atomic mass is 10.2. The van der Waals surface area contributed by atoms with Gasteiger partial charge in [-0.1, -0.05) is 6.07 Å². The summed E-state index contributed by atoms with van der Waals surface area (Å²) in [5.41, 5.74) is 1.22. The molecule has 1 N–H and O–H groups in total. The van der Waals surface area contributed by atoms with Gasteiger partial charge >= 0.3 is 0 Å². The number of nitrogens with zero attached hydrogens (tertiary/aromatic N) is 1. The first-order valence-electron chi connectivity index (χ1n) is 5.34. The average Bonchev–Trinajstić information content (AvgIpc) is 2.79. The van der Waals surface area contributed by atoms with E-state index < -0.39 is 0 Å². The Labute approximate surface area is 100 Å². The van der Waals surface area contributed by atoms with Crippen molar-refractivity contribution in [2.24, 2.45) is 4.99 Å². The first-order chi connectivity index (χ1) is 7.79. The minimum absolute atomic E-state index is 0.539. The van der Waals surface area contributed by atoms with Crippen molar-refractivity contribution < 1.29 is 4.74 Å². The number of ether oxygens (including phenoxy) is 1. The van der Waals surface area contributed by atoms with Crippen LogP contribution in [0.5, 0.6) is 5.75 Å². The van der Waals surface area contributed by atoms with Crippen LogP contribution in [0.2, 0.25) is 0 Å². The largest absolute Gasteiger partial charge is 0.485 e. The predicted octanol–water partition coefficient (Wildman–Crippen LogP) is 2.10. The molecule has 16 heavy (non-hydrogen) atoms. The van der Waals surface area contributed by atoms with E-state index in [9.17, 15) is 0 Å². The molecule has 0 spiro atoms. The van der Waals surface area contributed by atoms with E-state index >= 15 is 0 Å². The molecule has 2 rings (SSSR count). The van der Waals surface area contributed by atoms with Crippen LogP contribution in [0.3, 0.4) is 0 Å². The first kappa shape index (κ1) is 11.3. The van der Waals surface area contributed by atoms with Gasteiger partial charge in [0, 0.05) is 11.4 Å². The quantitative estimate of drug-likeness (QED) is 0.813. The second-order valence-electron chi connectivity index (χ2n) is 3.70. The zero-order valence-corrected chi connectivity index (χ0v) is 10.4. The molecule has 0 aliphatic carbocycles. The lowest BCUT2D eigenvalue weighted by Gasteiger charge is -2.11. The molecule has 0 radical (unpaired) electrons. The number of amidine groups is 1. The van der Waals surface area contributed by atoms with Gasteiger partial charge in [0.15, 0.2) is 0 Å². The van der Waals surface area contributed by atoms with Crippen LogP contribution in [0.15, 0.2) is 28.1 Å². The number of aliphatic imine (C=N–C) groups is 1. The molecular formula is C12H16N2OS. The van der Waals surface area contributed by atoms with Crippen molar-refractivity contribution >= 4 is 17.6 Å². The van der Waals surface area contributed by atoms with Crippen LogP contribution in [-0.2, 0) is 0 Å². The van der Waals surface area contributed by atoms with Crippen LogP contribution in [-0.4, -0.2) is 31.8 Å². The van der Waals surface area contributed by atoms with E-state index in [1.807, 2.05) is 0 Å². The van der Waals surface area contributed by atoms with Crippen LogP contribution in [0, 0.1) is 6.92 Å². The number of rotatable bonds is 4. The van der Waals surface area contributed by atoms with Crippen LogP contribution >= 0.6 is 11.8 Å². The predicted molar refractivity (Wildman–Crippen MR) is 68.8 cm³/mol. The van der Waals surface area contributed by atoms with Crippen molar-refractivity contribution in [1.82, 2.24) is 5.32 Å². The van der Waals surface area contributed by atoms with Gasteiger partial charge < -0.3 is 10.1 Å². The minimum Gasteiger partial charge on any atom is -0.485 e. The zero-order chi connectivity index (χ0) is 11.4. The first-order valence-corrected chi connectivity index (χ1v) is 6.56. The van der Waals surface area contributed by atoms with E-state index in [2.05, 4.69) is 41.7 Å². The van der Waals surface area contributed by atoms with Gasteiger partial charge in [0.2, 0.25) is 0 Å². The third-order valence-corrected chi connectivity index (χ3v) is 3.20. The van der Waals surface area contributed by atoms with Gasteiger partial charge in [-0.15, -0.1) is 11.8 Å². The number of hydrogen-bond donors (Lipinski definition) is 1. The maximum atomic E-state index is 5.78. The van der Waals surface area contributed by atoms with Gasteiger partial charge in [0.05, 0.1) is 6.54 Å². The van der Waals surface area contributed by atoms with Crippen molar-refractivity contribution in [3.8, 4) is 5.75 Å². The normalized spacial score (nSPS) is 14.5. The smallest absolute Gasteiger partial charge is 0.145 e.